The van der Waals surface area contributed by atoms with E-state index >= 15 is 0 Å². The smallest absolute Gasteiger partial charge is 0.363 e. The predicted molar refractivity (Wildman–Crippen MR) is 132 cm³/mol. The quantitative estimate of drug-likeness (QED) is 0.182. The van der Waals surface area contributed by atoms with Gasteiger partial charge in [-0.05, 0) is 69.5 Å². The highest BCUT2D eigenvalue weighted by Gasteiger charge is 2.28. The Labute approximate surface area is 197 Å². The van der Waals surface area contributed by atoms with Crippen LogP contribution < -0.4 is 10.4 Å². The van der Waals surface area contributed by atoms with Gasteiger partial charge in [-0.15, -0.1) is 0 Å². The van der Waals surface area contributed by atoms with Gasteiger partial charge >= 0.3 is 11.6 Å². The number of para-hydroxylation sites is 2. The number of aliphatic hydroxyl groups excluding tert-OH is 1. The van der Waals surface area contributed by atoms with Crippen LogP contribution in [0.25, 0.3) is 22.4 Å². The number of hydrogen-bond acceptors (Lipinski definition) is 6. The summed E-state index contributed by atoms with van der Waals surface area (Å²) < 4.78 is 11.2. The van der Waals surface area contributed by atoms with Crippen LogP contribution in [0.4, 0.5) is 0 Å². The van der Waals surface area contributed by atoms with E-state index in [0.29, 0.717) is 16.8 Å². The van der Waals surface area contributed by atoms with Crippen LogP contribution in [0.5, 0.6) is 5.75 Å². The molecule has 4 aromatic rings. The molecule has 1 aromatic heterocycles. The summed E-state index contributed by atoms with van der Waals surface area (Å²) in [6, 6.07) is 16.0. The molecule has 0 bridgehead atoms. The Morgan fingerprint density at radius 3 is 2.26 bits per heavy atom. The molecular weight excluding hydrogens is 430 g/mol. The van der Waals surface area contributed by atoms with E-state index in [4.69, 9.17) is 9.15 Å². The highest BCUT2D eigenvalue weighted by atomic mass is 16.5. The van der Waals surface area contributed by atoms with Gasteiger partial charge in [-0.1, -0.05) is 47.5 Å². The van der Waals surface area contributed by atoms with Crippen molar-refractivity contribution in [3.8, 4) is 5.75 Å². The van der Waals surface area contributed by atoms with Gasteiger partial charge in [-0.3, -0.25) is 0 Å². The molecule has 0 fully saturated rings. The zero-order valence-electron chi connectivity index (χ0n) is 19.7. The van der Waals surface area contributed by atoms with Gasteiger partial charge in [-0.2, -0.15) is 0 Å². The average molecular weight is 456 g/mol. The lowest BCUT2D eigenvalue weighted by Gasteiger charge is -2.15. The number of hydrogen-bond donors (Lipinski definition) is 1. The molecule has 4 rings (SSSR count). The number of aliphatic hydroxyl groups is 1. The number of fused-ring (bicyclic) bond motifs is 1. The molecule has 0 atom stereocenters. The molecular formula is C28H25NO5. The van der Waals surface area contributed by atoms with Crippen molar-refractivity contribution in [2.45, 2.75) is 34.6 Å². The van der Waals surface area contributed by atoms with Gasteiger partial charge in [0.1, 0.15) is 22.6 Å². The highest BCUT2D eigenvalue weighted by molar-refractivity contribution is 6.23. The third-order valence-electron chi connectivity index (χ3n) is 5.62. The molecule has 34 heavy (non-hydrogen) atoms. The summed E-state index contributed by atoms with van der Waals surface area (Å²) in [5.74, 6) is -0.931. The summed E-state index contributed by atoms with van der Waals surface area (Å²) in [5.41, 5.74) is 3.69. The molecule has 0 aliphatic heterocycles. The first kappa shape index (κ1) is 23.0. The van der Waals surface area contributed by atoms with Gasteiger partial charge in [0, 0.05) is 5.56 Å². The van der Waals surface area contributed by atoms with Crippen molar-refractivity contribution < 1.29 is 19.1 Å². The van der Waals surface area contributed by atoms with E-state index in [2.05, 4.69) is 4.98 Å². The molecule has 0 spiro atoms. The van der Waals surface area contributed by atoms with Crippen LogP contribution in [0.1, 0.15) is 39.1 Å². The van der Waals surface area contributed by atoms with Crippen molar-refractivity contribution in [3.63, 3.8) is 0 Å². The molecule has 0 radical (unpaired) electrons. The zero-order valence-corrected chi connectivity index (χ0v) is 19.7. The van der Waals surface area contributed by atoms with E-state index in [1.54, 1.807) is 37.3 Å². The molecule has 0 aliphatic carbocycles. The monoisotopic (exact) mass is 455 g/mol. The van der Waals surface area contributed by atoms with Crippen molar-refractivity contribution in [3.05, 3.63) is 104 Å². The normalized spacial score (nSPS) is 11.9. The number of nitrogens with zero attached hydrogens (tertiary/aromatic N) is 1. The fourth-order valence-corrected chi connectivity index (χ4v) is 4.01. The number of ether oxygens (including phenoxy) is 1. The van der Waals surface area contributed by atoms with Gasteiger partial charge < -0.3 is 14.3 Å². The SMILES string of the molecule is Cc1cc(C)c(OC(=O)C(=C(O)c2cc(C)ccc2C)c2nc3ccccc3oc2=O)c(C)c1. The van der Waals surface area contributed by atoms with Crippen molar-refractivity contribution in [2.24, 2.45) is 0 Å². The fraction of sp³-hybridized carbons (Fsp3) is 0.179. The lowest BCUT2D eigenvalue weighted by molar-refractivity contribution is -0.128. The van der Waals surface area contributed by atoms with Gasteiger partial charge in [0.2, 0.25) is 0 Å². The lowest BCUT2D eigenvalue weighted by atomic mass is 9.99. The Balaban J connectivity index is 1.96. The summed E-state index contributed by atoms with van der Waals surface area (Å²) >= 11 is 0. The first-order valence-corrected chi connectivity index (χ1v) is 10.9. The van der Waals surface area contributed by atoms with E-state index in [1.165, 1.54) is 0 Å². The minimum Gasteiger partial charge on any atom is -0.506 e. The van der Waals surface area contributed by atoms with Gasteiger partial charge in [0.25, 0.3) is 0 Å². The first-order valence-electron chi connectivity index (χ1n) is 10.9. The molecule has 0 aliphatic rings. The van der Waals surface area contributed by atoms with Crippen molar-refractivity contribution >= 4 is 28.4 Å². The van der Waals surface area contributed by atoms with Crippen molar-refractivity contribution in [2.75, 3.05) is 0 Å². The topological polar surface area (TPSA) is 89.6 Å². The Hall–Kier alpha value is -4.19. The summed E-state index contributed by atoms with van der Waals surface area (Å²) in [5, 5.41) is 11.3. The Morgan fingerprint density at radius 1 is 0.882 bits per heavy atom. The van der Waals surface area contributed by atoms with Crippen LogP contribution in [0, 0.1) is 34.6 Å². The van der Waals surface area contributed by atoms with E-state index in [0.717, 1.165) is 27.8 Å². The Morgan fingerprint density at radius 2 is 1.56 bits per heavy atom. The van der Waals surface area contributed by atoms with E-state index in [1.807, 2.05) is 52.0 Å². The molecule has 6 heteroatoms. The van der Waals surface area contributed by atoms with Gasteiger partial charge in [-0.25, -0.2) is 14.6 Å². The molecule has 6 nitrogen and oxygen atoms in total. The largest absolute Gasteiger partial charge is 0.506 e. The van der Waals surface area contributed by atoms with E-state index in [-0.39, 0.29) is 16.9 Å². The summed E-state index contributed by atoms with van der Waals surface area (Å²) in [6.45, 7) is 9.29. The summed E-state index contributed by atoms with van der Waals surface area (Å²) in [6.07, 6.45) is 0. The second-order valence-electron chi connectivity index (χ2n) is 8.48. The zero-order chi connectivity index (χ0) is 24.6. The summed E-state index contributed by atoms with van der Waals surface area (Å²) in [7, 11) is 0. The van der Waals surface area contributed by atoms with Crippen LogP contribution in [-0.4, -0.2) is 16.1 Å². The number of rotatable bonds is 4. The predicted octanol–water partition coefficient (Wildman–Crippen LogP) is 5.76. The van der Waals surface area contributed by atoms with E-state index < -0.39 is 17.4 Å². The first-order chi connectivity index (χ1) is 16.2. The lowest BCUT2D eigenvalue weighted by Crippen LogP contribution is -2.20. The van der Waals surface area contributed by atoms with Crippen LogP contribution >= 0.6 is 0 Å². The maximum Gasteiger partial charge on any atom is 0.363 e. The second kappa shape index (κ2) is 8.98. The standard InChI is InChI=1S/C28H25NO5/c1-15-10-11-17(3)20(14-15)25(30)23(24-28(32)33-22-9-7-6-8-21(22)29-24)27(31)34-26-18(4)12-16(2)13-19(26)5/h6-14,30H,1-5H3. The number of benzene rings is 3. The summed E-state index contributed by atoms with van der Waals surface area (Å²) in [4.78, 5) is 30.8. The molecule has 1 N–H and O–H groups in total. The third-order valence-corrected chi connectivity index (χ3v) is 5.62. The number of carbonyl (C=O) groups excluding carboxylic acids is 1. The van der Waals surface area contributed by atoms with Gasteiger partial charge in [0.15, 0.2) is 11.3 Å². The van der Waals surface area contributed by atoms with Crippen LogP contribution in [0.3, 0.4) is 0 Å². The van der Waals surface area contributed by atoms with Crippen LogP contribution in [0.15, 0.2) is 63.8 Å². The molecule has 1 heterocycles. The number of carbonyl (C=O) groups is 1. The Bertz CT molecular complexity index is 1500. The van der Waals surface area contributed by atoms with Crippen LogP contribution in [-0.2, 0) is 4.79 Å². The molecule has 3 aromatic carbocycles. The van der Waals surface area contributed by atoms with Crippen molar-refractivity contribution in [1.29, 1.82) is 0 Å². The molecule has 0 saturated heterocycles. The van der Waals surface area contributed by atoms with E-state index in [9.17, 15) is 14.7 Å². The van der Waals surface area contributed by atoms with Crippen LogP contribution in [0.2, 0.25) is 0 Å². The Kier molecular flexibility index (Phi) is 6.07. The van der Waals surface area contributed by atoms with Gasteiger partial charge in [0.05, 0.1) is 0 Å². The minimum atomic E-state index is -0.899. The maximum atomic E-state index is 13.5. The fourth-order valence-electron chi connectivity index (χ4n) is 4.01. The molecule has 0 unspecified atom stereocenters. The second-order valence-corrected chi connectivity index (χ2v) is 8.48. The average Bonchev–Trinajstić information content (AvgIpc) is 2.78. The number of esters is 1. The number of aromatic nitrogens is 1. The molecule has 172 valence electrons. The molecule has 0 saturated carbocycles. The molecule has 0 amide bonds. The number of aryl methyl sites for hydroxylation is 5. The highest BCUT2D eigenvalue weighted by Crippen LogP contribution is 2.30. The van der Waals surface area contributed by atoms with Crippen molar-refractivity contribution in [1.82, 2.24) is 4.98 Å². The maximum absolute atomic E-state index is 13.5. The third kappa shape index (κ3) is 4.35. The minimum absolute atomic E-state index is 0.278.